The molecule has 226 valence electrons. The van der Waals surface area contributed by atoms with Crippen LogP contribution in [0.15, 0.2) is 71.6 Å². The molecule has 42 heavy (non-hydrogen) atoms. The average Bonchev–Trinajstić information content (AvgIpc) is 2.97. The Morgan fingerprint density at radius 2 is 1.60 bits per heavy atom. The quantitative estimate of drug-likeness (QED) is 0.260. The Hall–Kier alpha value is -3.56. The van der Waals surface area contributed by atoms with E-state index in [2.05, 4.69) is 5.32 Å². The third-order valence-electron chi connectivity index (χ3n) is 7.23. The van der Waals surface area contributed by atoms with Gasteiger partial charge >= 0.3 is 0 Å². The van der Waals surface area contributed by atoms with Gasteiger partial charge in [-0.25, -0.2) is 8.42 Å². The number of halogens is 1. The molecule has 1 N–H and O–H groups in total. The van der Waals surface area contributed by atoms with Crippen molar-refractivity contribution in [2.24, 2.45) is 0 Å². The molecule has 3 rings (SSSR count). The summed E-state index contributed by atoms with van der Waals surface area (Å²) in [5.41, 5.74) is 2.59. The van der Waals surface area contributed by atoms with Gasteiger partial charge in [-0.15, -0.1) is 0 Å². The number of ether oxygens (including phenoxy) is 1. The summed E-state index contributed by atoms with van der Waals surface area (Å²) >= 11 is 6.31. The molecule has 0 unspecified atom stereocenters. The maximum absolute atomic E-state index is 14.2. The van der Waals surface area contributed by atoms with Gasteiger partial charge in [0, 0.05) is 17.6 Å². The highest BCUT2D eigenvalue weighted by Crippen LogP contribution is 2.30. The lowest BCUT2D eigenvalue weighted by atomic mass is 10.1. The van der Waals surface area contributed by atoms with Crippen LogP contribution in [-0.2, 0) is 26.2 Å². The maximum Gasteiger partial charge on any atom is 0.264 e. The van der Waals surface area contributed by atoms with Crippen LogP contribution in [-0.4, -0.2) is 50.9 Å². The Balaban J connectivity index is 2.09. The number of carbonyl (C=O) groups excluding carboxylic acids is 2. The number of methoxy groups -OCH3 is 1. The second-order valence-corrected chi connectivity index (χ2v) is 12.7. The number of nitrogens with zero attached hydrogens (tertiary/aromatic N) is 2. The molecule has 0 saturated carbocycles. The SMILES string of the molecule is CC[C@@H](C)NC(=O)[C@@H](CC)N(Cc1ccc(OC)cc1)C(=O)CN(c1cc(Cl)ccc1C)S(=O)(=O)c1ccc(C)cc1. The largest absolute Gasteiger partial charge is 0.497 e. The first-order chi connectivity index (χ1) is 19.9. The molecule has 0 spiro atoms. The molecule has 0 aliphatic rings. The third-order valence-corrected chi connectivity index (χ3v) is 9.24. The van der Waals surface area contributed by atoms with Gasteiger partial charge in [-0.05, 0) is 81.1 Å². The van der Waals surface area contributed by atoms with Gasteiger partial charge < -0.3 is 15.0 Å². The monoisotopic (exact) mass is 613 g/mol. The van der Waals surface area contributed by atoms with Crippen molar-refractivity contribution in [3.05, 3.63) is 88.4 Å². The highest BCUT2D eigenvalue weighted by Gasteiger charge is 2.34. The average molecular weight is 614 g/mol. The minimum Gasteiger partial charge on any atom is -0.497 e. The van der Waals surface area contributed by atoms with E-state index in [1.54, 1.807) is 50.4 Å². The summed E-state index contributed by atoms with van der Waals surface area (Å²) in [6, 6.07) is 17.7. The normalized spacial score (nSPS) is 12.7. The van der Waals surface area contributed by atoms with Gasteiger partial charge in [-0.3, -0.25) is 13.9 Å². The van der Waals surface area contributed by atoms with Crippen molar-refractivity contribution < 1.29 is 22.7 Å². The zero-order valence-corrected chi connectivity index (χ0v) is 26.6. The lowest BCUT2D eigenvalue weighted by Crippen LogP contribution is -2.53. The van der Waals surface area contributed by atoms with E-state index in [0.717, 1.165) is 21.9 Å². The summed E-state index contributed by atoms with van der Waals surface area (Å²) < 4.78 is 34.5. The van der Waals surface area contributed by atoms with Gasteiger partial charge in [0.2, 0.25) is 11.8 Å². The standard InChI is InChI=1S/C32H40ClN3O5S/c1-7-24(5)34-32(38)29(8-2)35(20-25-12-15-27(41-6)16-13-25)31(37)21-36(30-19-26(33)14-11-23(30)4)42(39,40)28-17-9-22(3)10-18-28/h9-19,24,29H,7-8,20-21H2,1-6H3,(H,34,38)/t24-,29-/m1/s1. The van der Waals surface area contributed by atoms with Gasteiger partial charge in [0.05, 0.1) is 17.7 Å². The second kappa shape index (κ2) is 14.6. The zero-order valence-electron chi connectivity index (χ0n) is 25.1. The highest BCUT2D eigenvalue weighted by molar-refractivity contribution is 7.92. The molecule has 10 heteroatoms. The molecule has 0 aliphatic heterocycles. The van der Waals surface area contributed by atoms with Crippen molar-refractivity contribution in [3.63, 3.8) is 0 Å². The number of aryl methyl sites for hydroxylation is 2. The Kier molecular flexibility index (Phi) is 11.4. The molecule has 0 fully saturated rings. The summed E-state index contributed by atoms with van der Waals surface area (Å²) in [6.07, 6.45) is 1.07. The lowest BCUT2D eigenvalue weighted by Gasteiger charge is -2.34. The predicted octanol–water partition coefficient (Wildman–Crippen LogP) is 5.88. The van der Waals surface area contributed by atoms with E-state index in [4.69, 9.17) is 16.3 Å². The Bertz CT molecular complexity index is 1480. The summed E-state index contributed by atoms with van der Waals surface area (Å²) in [7, 11) is -2.62. The van der Waals surface area contributed by atoms with E-state index >= 15 is 0 Å². The summed E-state index contributed by atoms with van der Waals surface area (Å²) in [5.74, 6) is -0.155. The number of sulfonamides is 1. The molecular weight excluding hydrogens is 574 g/mol. The number of nitrogens with one attached hydrogen (secondary N) is 1. The fourth-order valence-electron chi connectivity index (χ4n) is 4.49. The van der Waals surface area contributed by atoms with Crippen LogP contribution in [0.2, 0.25) is 5.02 Å². The fraction of sp³-hybridized carbons (Fsp3) is 0.375. The van der Waals surface area contributed by atoms with Crippen LogP contribution >= 0.6 is 11.6 Å². The summed E-state index contributed by atoms with van der Waals surface area (Å²) in [5, 5.41) is 3.32. The molecule has 3 aromatic carbocycles. The molecule has 3 aromatic rings. The van der Waals surface area contributed by atoms with Crippen molar-refractivity contribution in [2.45, 2.75) is 71.0 Å². The van der Waals surface area contributed by atoms with E-state index in [1.807, 2.05) is 39.8 Å². The fourth-order valence-corrected chi connectivity index (χ4v) is 6.13. The van der Waals surface area contributed by atoms with Crippen molar-refractivity contribution in [3.8, 4) is 5.75 Å². The summed E-state index contributed by atoms with van der Waals surface area (Å²) in [6.45, 7) is 8.90. The number of hydrogen-bond acceptors (Lipinski definition) is 5. The Labute approximate surface area is 254 Å². The smallest absolute Gasteiger partial charge is 0.264 e. The predicted molar refractivity (Wildman–Crippen MR) is 167 cm³/mol. The van der Waals surface area contributed by atoms with E-state index < -0.39 is 28.5 Å². The van der Waals surface area contributed by atoms with Gasteiger partial charge in [0.25, 0.3) is 10.0 Å². The number of benzene rings is 3. The van der Waals surface area contributed by atoms with Crippen molar-refractivity contribution in [1.82, 2.24) is 10.2 Å². The lowest BCUT2D eigenvalue weighted by molar-refractivity contribution is -0.140. The van der Waals surface area contributed by atoms with E-state index in [-0.39, 0.29) is 29.1 Å². The Morgan fingerprint density at radius 1 is 0.952 bits per heavy atom. The first-order valence-electron chi connectivity index (χ1n) is 14.0. The molecule has 2 atom stereocenters. The van der Waals surface area contributed by atoms with Crippen LogP contribution in [0.1, 0.15) is 50.3 Å². The molecule has 0 bridgehead atoms. The topological polar surface area (TPSA) is 96.0 Å². The number of anilines is 1. The van der Waals surface area contributed by atoms with Crippen LogP contribution in [0.4, 0.5) is 5.69 Å². The number of hydrogen-bond donors (Lipinski definition) is 1. The number of amides is 2. The first kappa shape index (κ1) is 32.9. The minimum atomic E-state index is -4.19. The molecule has 8 nitrogen and oxygen atoms in total. The third kappa shape index (κ3) is 8.04. The number of carbonyl (C=O) groups is 2. The van der Waals surface area contributed by atoms with Crippen LogP contribution in [0.3, 0.4) is 0 Å². The minimum absolute atomic E-state index is 0.0449. The van der Waals surface area contributed by atoms with Gasteiger partial charge in [-0.2, -0.15) is 0 Å². The van der Waals surface area contributed by atoms with E-state index in [9.17, 15) is 18.0 Å². The second-order valence-electron chi connectivity index (χ2n) is 10.4. The van der Waals surface area contributed by atoms with Gasteiger partial charge in [0.15, 0.2) is 0 Å². The Morgan fingerprint density at radius 3 is 2.17 bits per heavy atom. The van der Waals surface area contributed by atoms with Crippen molar-refractivity contribution in [2.75, 3.05) is 18.0 Å². The van der Waals surface area contributed by atoms with Gasteiger partial charge in [0.1, 0.15) is 18.3 Å². The highest BCUT2D eigenvalue weighted by atomic mass is 35.5. The molecule has 0 saturated heterocycles. The van der Waals surface area contributed by atoms with Crippen LogP contribution in [0.25, 0.3) is 0 Å². The zero-order chi connectivity index (χ0) is 31.0. The van der Waals surface area contributed by atoms with E-state index in [0.29, 0.717) is 22.8 Å². The maximum atomic E-state index is 14.2. The van der Waals surface area contributed by atoms with Crippen molar-refractivity contribution >= 4 is 39.1 Å². The molecule has 2 amide bonds. The molecule has 0 heterocycles. The van der Waals surface area contributed by atoms with Crippen LogP contribution in [0.5, 0.6) is 5.75 Å². The molecule has 0 radical (unpaired) electrons. The van der Waals surface area contributed by atoms with Crippen molar-refractivity contribution in [1.29, 1.82) is 0 Å². The van der Waals surface area contributed by atoms with Crippen LogP contribution < -0.4 is 14.4 Å². The molecule has 0 aliphatic carbocycles. The van der Waals surface area contributed by atoms with E-state index in [1.165, 1.54) is 23.1 Å². The van der Waals surface area contributed by atoms with Gasteiger partial charge in [-0.1, -0.05) is 61.3 Å². The summed E-state index contributed by atoms with van der Waals surface area (Å²) in [4.78, 5) is 29.1. The van der Waals surface area contributed by atoms with Crippen LogP contribution in [0, 0.1) is 13.8 Å². The molecule has 0 aromatic heterocycles. The number of rotatable bonds is 13. The first-order valence-corrected chi connectivity index (χ1v) is 15.8. The molecular formula is C32H40ClN3O5S.